The molecule has 0 bridgehead atoms. The minimum Gasteiger partial charge on any atom is -0.456 e. The van der Waals surface area contributed by atoms with Crippen molar-refractivity contribution in [2.75, 3.05) is 4.90 Å². The van der Waals surface area contributed by atoms with Gasteiger partial charge in [0.05, 0.1) is 5.41 Å². The molecule has 0 unspecified atom stereocenters. The van der Waals surface area contributed by atoms with Gasteiger partial charge >= 0.3 is 0 Å². The van der Waals surface area contributed by atoms with Gasteiger partial charge in [-0.2, -0.15) is 0 Å². The van der Waals surface area contributed by atoms with Crippen molar-refractivity contribution >= 4 is 39.0 Å². The molecule has 2 nitrogen and oxygen atoms in total. The molecule has 57 heavy (non-hydrogen) atoms. The van der Waals surface area contributed by atoms with Gasteiger partial charge in [-0.25, -0.2) is 0 Å². The number of para-hydroxylation sites is 1. The van der Waals surface area contributed by atoms with Crippen LogP contribution in [-0.4, -0.2) is 0 Å². The molecule has 2 aliphatic carbocycles. The van der Waals surface area contributed by atoms with Crippen LogP contribution in [0.2, 0.25) is 0 Å². The van der Waals surface area contributed by atoms with Crippen LogP contribution < -0.4 is 4.90 Å². The third-order valence-corrected chi connectivity index (χ3v) is 12.3. The number of benzene rings is 9. The lowest BCUT2D eigenvalue weighted by molar-refractivity contribution is 0.669. The highest BCUT2D eigenvalue weighted by atomic mass is 16.3. The lowest BCUT2D eigenvalue weighted by atomic mass is 9.70. The molecular weight excluding hydrogens is 691 g/mol. The zero-order chi connectivity index (χ0) is 37.5. The fourth-order valence-electron chi connectivity index (χ4n) is 9.83. The molecule has 0 fully saturated rings. The molecule has 0 atom stereocenters. The van der Waals surface area contributed by atoms with Crippen molar-refractivity contribution < 1.29 is 4.42 Å². The van der Waals surface area contributed by atoms with E-state index in [1.165, 1.54) is 66.8 Å². The zero-order valence-electron chi connectivity index (χ0n) is 31.1. The topological polar surface area (TPSA) is 16.4 Å². The van der Waals surface area contributed by atoms with E-state index in [1.807, 2.05) is 12.1 Å². The summed E-state index contributed by atoms with van der Waals surface area (Å²) in [6, 6.07) is 77.4. The van der Waals surface area contributed by atoms with Gasteiger partial charge < -0.3 is 9.32 Å². The van der Waals surface area contributed by atoms with Gasteiger partial charge in [0.1, 0.15) is 11.2 Å². The number of fused-ring (bicyclic) bond motifs is 13. The molecule has 266 valence electrons. The summed E-state index contributed by atoms with van der Waals surface area (Å²) >= 11 is 0. The molecule has 0 aliphatic heterocycles. The van der Waals surface area contributed by atoms with Gasteiger partial charge in [0.15, 0.2) is 0 Å². The Morgan fingerprint density at radius 1 is 0.298 bits per heavy atom. The molecule has 12 rings (SSSR count). The Morgan fingerprint density at radius 3 is 1.53 bits per heavy atom. The zero-order valence-corrected chi connectivity index (χ0v) is 31.1. The van der Waals surface area contributed by atoms with Gasteiger partial charge in [-0.15, -0.1) is 0 Å². The Hall–Kier alpha value is -7.42. The molecule has 1 aromatic heterocycles. The van der Waals surface area contributed by atoms with Crippen LogP contribution in [0.25, 0.3) is 66.4 Å². The maximum atomic E-state index is 6.40. The summed E-state index contributed by atoms with van der Waals surface area (Å²) in [5.41, 5.74) is 20.0. The summed E-state index contributed by atoms with van der Waals surface area (Å²) < 4.78 is 6.40. The van der Waals surface area contributed by atoms with Crippen molar-refractivity contribution in [2.24, 2.45) is 0 Å². The second kappa shape index (κ2) is 12.3. The lowest BCUT2D eigenvalue weighted by Crippen LogP contribution is -2.25. The van der Waals surface area contributed by atoms with Gasteiger partial charge in [0.2, 0.25) is 0 Å². The van der Waals surface area contributed by atoms with Gasteiger partial charge in [-0.05, 0) is 115 Å². The number of anilines is 3. The molecule has 10 aromatic rings. The number of hydrogen-bond acceptors (Lipinski definition) is 2. The Balaban J connectivity index is 0.999. The van der Waals surface area contributed by atoms with E-state index in [0.29, 0.717) is 0 Å². The standard InChI is InChI=1S/C55H35NO/c1-2-13-36(14-3-1)38-15-12-16-41(33-38)56(42-30-32-48-47-20-7-11-24-53(47)57-54(48)35-42)40-28-25-37(26-29-40)39-27-31-46-45-19-6-10-23-51(45)55(52(46)34-39)49-21-8-4-17-43(49)44-18-5-9-22-50(44)55/h1-35H. The normalized spacial score (nSPS) is 13.1. The summed E-state index contributed by atoms with van der Waals surface area (Å²) in [4.78, 5) is 2.34. The van der Waals surface area contributed by atoms with Crippen LogP contribution in [0.4, 0.5) is 17.1 Å². The first-order chi connectivity index (χ1) is 28.3. The molecule has 0 N–H and O–H groups in total. The number of nitrogens with zero attached hydrogens (tertiary/aromatic N) is 1. The molecular formula is C55H35NO. The van der Waals surface area contributed by atoms with Crippen molar-refractivity contribution in [2.45, 2.75) is 5.41 Å². The van der Waals surface area contributed by atoms with Gasteiger partial charge in [-0.3, -0.25) is 0 Å². The predicted molar refractivity (Wildman–Crippen MR) is 236 cm³/mol. The Morgan fingerprint density at radius 2 is 0.807 bits per heavy atom. The highest BCUT2D eigenvalue weighted by Gasteiger charge is 2.51. The minimum atomic E-state index is -0.370. The Labute approximate surface area is 331 Å². The molecule has 0 radical (unpaired) electrons. The average Bonchev–Trinajstić information content (AvgIpc) is 3.91. The summed E-state index contributed by atoms with van der Waals surface area (Å²) in [5, 5.41) is 2.25. The van der Waals surface area contributed by atoms with Crippen LogP contribution in [0.15, 0.2) is 217 Å². The maximum Gasteiger partial charge on any atom is 0.137 e. The van der Waals surface area contributed by atoms with Gasteiger partial charge in [0.25, 0.3) is 0 Å². The largest absolute Gasteiger partial charge is 0.456 e. The molecule has 1 spiro atoms. The summed E-state index contributed by atoms with van der Waals surface area (Å²) in [5.74, 6) is 0. The first kappa shape index (κ1) is 31.9. The third kappa shape index (κ3) is 4.65. The fourth-order valence-corrected chi connectivity index (χ4v) is 9.83. The van der Waals surface area contributed by atoms with Crippen LogP contribution in [0.5, 0.6) is 0 Å². The SMILES string of the molecule is c1ccc(-c2cccc(N(c3ccc(-c4ccc5c(c4)C4(c6ccccc6-c6ccccc64)c4ccccc4-5)cc3)c3ccc4c(c3)oc3ccccc34)c2)cc1. The van der Waals surface area contributed by atoms with Crippen LogP contribution in [0.1, 0.15) is 22.3 Å². The summed E-state index contributed by atoms with van der Waals surface area (Å²) in [7, 11) is 0. The van der Waals surface area contributed by atoms with E-state index in [1.54, 1.807) is 0 Å². The molecule has 9 aromatic carbocycles. The van der Waals surface area contributed by atoms with E-state index in [0.717, 1.165) is 39.0 Å². The van der Waals surface area contributed by atoms with Crippen LogP contribution >= 0.6 is 0 Å². The molecule has 0 saturated heterocycles. The maximum absolute atomic E-state index is 6.40. The fraction of sp³-hybridized carbons (Fsp3) is 0.0182. The van der Waals surface area contributed by atoms with Crippen molar-refractivity contribution in [3.63, 3.8) is 0 Å². The second-order valence-electron chi connectivity index (χ2n) is 15.2. The monoisotopic (exact) mass is 725 g/mol. The molecule has 2 heteroatoms. The smallest absolute Gasteiger partial charge is 0.137 e. The van der Waals surface area contributed by atoms with E-state index in [-0.39, 0.29) is 5.41 Å². The van der Waals surface area contributed by atoms with Crippen LogP contribution in [0, 0.1) is 0 Å². The Bertz CT molecular complexity index is 3130. The highest BCUT2D eigenvalue weighted by molar-refractivity contribution is 6.06. The number of hydrogen-bond donors (Lipinski definition) is 0. The number of rotatable bonds is 5. The first-order valence-corrected chi connectivity index (χ1v) is 19.7. The van der Waals surface area contributed by atoms with E-state index >= 15 is 0 Å². The summed E-state index contributed by atoms with van der Waals surface area (Å²) in [6.45, 7) is 0. The lowest BCUT2D eigenvalue weighted by Gasteiger charge is -2.30. The van der Waals surface area contributed by atoms with Crippen LogP contribution in [-0.2, 0) is 5.41 Å². The quantitative estimate of drug-likeness (QED) is 0.176. The molecule has 0 amide bonds. The first-order valence-electron chi connectivity index (χ1n) is 19.7. The Kier molecular flexibility index (Phi) is 6.88. The van der Waals surface area contributed by atoms with Crippen molar-refractivity contribution in [1.29, 1.82) is 0 Å². The summed E-state index contributed by atoms with van der Waals surface area (Å²) in [6.07, 6.45) is 0. The van der Waals surface area contributed by atoms with Gasteiger partial charge in [-0.1, -0.05) is 158 Å². The third-order valence-electron chi connectivity index (χ3n) is 12.3. The van der Waals surface area contributed by atoms with E-state index < -0.39 is 0 Å². The van der Waals surface area contributed by atoms with Crippen molar-refractivity contribution in [1.82, 2.24) is 0 Å². The minimum absolute atomic E-state index is 0.370. The highest BCUT2D eigenvalue weighted by Crippen LogP contribution is 2.63. The van der Waals surface area contributed by atoms with Crippen molar-refractivity contribution in [3.05, 3.63) is 235 Å². The van der Waals surface area contributed by atoms with Crippen molar-refractivity contribution in [3.8, 4) is 44.5 Å². The van der Waals surface area contributed by atoms with Crippen LogP contribution in [0.3, 0.4) is 0 Å². The van der Waals surface area contributed by atoms with E-state index in [4.69, 9.17) is 4.42 Å². The molecule has 1 heterocycles. The van der Waals surface area contributed by atoms with Gasteiger partial charge in [0, 0.05) is 33.9 Å². The van der Waals surface area contributed by atoms with E-state index in [9.17, 15) is 0 Å². The van der Waals surface area contributed by atoms with E-state index in [2.05, 4.69) is 205 Å². The predicted octanol–water partition coefficient (Wildman–Crippen LogP) is 14.7. The second-order valence-corrected chi connectivity index (χ2v) is 15.2. The molecule has 2 aliphatic rings. The molecule has 0 saturated carbocycles. The average molecular weight is 726 g/mol. The number of furan rings is 1.